The van der Waals surface area contributed by atoms with Crippen LogP contribution < -0.4 is 0 Å². The predicted molar refractivity (Wildman–Crippen MR) is 126 cm³/mol. The second kappa shape index (κ2) is 10.4. The molecule has 0 spiro atoms. The molecule has 0 bridgehead atoms. The first kappa shape index (κ1) is 22.1. The highest BCUT2D eigenvalue weighted by atomic mass is 31.0. The molecule has 0 aromatic heterocycles. The number of halogens is 1. The van der Waals surface area contributed by atoms with Gasteiger partial charge in [0.2, 0.25) is 0 Å². The molecule has 3 aromatic rings. The van der Waals surface area contributed by atoms with Crippen LogP contribution in [0.1, 0.15) is 22.3 Å². The summed E-state index contributed by atoms with van der Waals surface area (Å²) >= 11 is 0. The van der Waals surface area contributed by atoms with E-state index in [-0.39, 0.29) is 5.82 Å². The molecule has 0 aliphatic rings. The molecule has 152 valence electrons. The van der Waals surface area contributed by atoms with Gasteiger partial charge in [0, 0.05) is 19.8 Å². The summed E-state index contributed by atoms with van der Waals surface area (Å²) in [6.45, 7) is 1.02. The first-order valence-electron chi connectivity index (χ1n) is 9.53. The Balaban J connectivity index is 2.02. The van der Waals surface area contributed by atoms with Gasteiger partial charge in [0.25, 0.3) is 0 Å². The quantitative estimate of drug-likeness (QED) is 0.398. The molecule has 3 aromatic carbocycles. The van der Waals surface area contributed by atoms with Gasteiger partial charge in [0.1, 0.15) is 5.82 Å². The van der Waals surface area contributed by atoms with E-state index < -0.39 is 0 Å². The van der Waals surface area contributed by atoms with E-state index in [0.29, 0.717) is 18.8 Å². The van der Waals surface area contributed by atoms with Crippen LogP contribution in [0.25, 0.3) is 22.3 Å². The molecule has 0 saturated carbocycles. The van der Waals surface area contributed by atoms with Crippen molar-refractivity contribution < 1.29 is 13.9 Å². The Labute approximate surface area is 177 Å². The van der Waals surface area contributed by atoms with Crippen molar-refractivity contribution in [3.05, 3.63) is 82.7 Å². The number of hydrogen-bond acceptors (Lipinski definition) is 2. The number of methoxy groups -OCH3 is 2. The third-order valence-corrected chi connectivity index (χ3v) is 5.92. The maximum atomic E-state index is 15.0. The highest BCUT2D eigenvalue weighted by molar-refractivity contribution is 7.15. The minimum atomic E-state index is -0.224. The normalized spacial score (nSPS) is 11.1. The van der Waals surface area contributed by atoms with Crippen molar-refractivity contribution in [2.75, 3.05) is 14.2 Å². The molecular weight excluding hydrogens is 401 g/mol. The molecule has 3 rings (SSSR count). The lowest BCUT2D eigenvalue weighted by molar-refractivity contribution is 0.179. The Bertz CT molecular complexity index is 944. The van der Waals surface area contributed by atoms with Gasteiger partial charge in [0.15, 0.2) is 0 Å². The van der Waals surface area contributed by atoms with Crippen LogP contribution >= 0.6 is 18.5 Å². The van der Waals surface area contributed by atoms with Crippen molar-refractivity contribution in [2.45, 2.75) is 25.5 Å². The third kappa shape index (κ3) is 5.11. The molecule has 2 nitrogen and oxygen atoms in total. The van der Waals surface area contributed by atoms with Crippen molar-refractivity contribution in [1.29, 1.82) is 0 Å². The van der Waals surface area contributed by atoms with Crippen molar-refractivity contribution in [1.82, 2.24) is 0 Å². The predicted octanol–water partition coefficient (Wildman–Crippen LogP) is 6.20. The molecule has 0 aliphatic carbocycles. The number of ether oxygens (including phenoxy) is 2. The molecule has 0 saturated heterocycles. The molecule has 0 N–H and O–H groups in total. The first-order chi connectivity index (χ1) is 14.1. The Morgan fingerprint density at radius 3 is 1.79 bits per heavy atom. The average molecular weight is 428 g/mol. The molecule has 0 heterocycles. The zero-order valence-corrected chi connectivity index (χ0v) is 19.2. The fourth-order valence-corrected chi connectivity index (χ4v) is 4.34. The van der Waals surface area contributed by atoms with Crippen molar-refractivity contribution >= 4 is 18.5 Å². The van der Waals surface area contributed by atoms with E-state index in [1.54, 1.807) is 20.3 Å². The van der Waals surface area contributed by atoms with Gasteiger partial charge in [-0.05, 0) is 69.5 Å². The Morgan fingerprint density at radius 1 is 0.724 bits per heavy atom. The molecular formula is C24H27FO2P2. The summed E-state index contributed by atoms with van der Waals surface area (Å²) in [4.78, 5) is 0. The lowest BCUT2D eigenvalue weighted by atomic mass is 9.94. The summed E-state index contributed by atoms with van der Waals surface area (Å²) in [6, 6.07) is 17.6. The van der Waals surface area contributed by atoms with Crippen molar-refractivity contribution in [2.24, 2.45) is 0 Å². The second-order valence-corrected chi connectivity index (χ2v) is 7.76. The summed E-state index contributed by atoms with van der Waals surface area (Å²) in [5.74, 6) is -0.224. The van der Waals surface area contributed by atoms with E-state index in [1.165, 1.54) is 11.1 Å². The average Bonchev–Trinajstić information content (AvgIpc) is 2.74. The Hall–Kier alpha value is -1.63. The highest BCUT2D eigenvalue weighted by Crippen LogP contribution is 2.32. The van der Waals surface area contributed by atoms with Crippen LogP contribution in [0.4, 0.5) is 4.39 Å². The minimum absolute atomic E-state index is 0.224. The molecule has 0 radical (unpaired) electrons. The molecule has 29 heavy (non-hydrogen) atoms. The summed E-state index contributed by atoms with van der Waals surface area (Å²) in [7, 11) is 8.84. The molecule has 0 fully saturated rings. The van der Waals surface area contributed by atoms with E-state index in [2.05, 4.69) is 30.6 Å². The molecule has 0 aliphatic heterocycles. The number of rotatable bonds is 8. The van der Waals surface area contributed by atoms with E-state index in [9.17, 15) is 4.39 Å². The third-order valence-electron chi connectivity index (χ3n) is 5.04. The smallest absolute Gasteiger partial charge is 0.131 e. The van der Waals surface area contributed by atoms with Crippen LogP contribution in [0.5, 0.6) is 0 Å². The van der Waals surface area contributed by atoms with Gasteiger partial charge in [-0.1, -0.05) is 36.4 Å². The van der Waals surface area contributed by atoms with E-state index in [4.69, 9.17) is 9.47 Å². The van der Waals surface area contributed by atoms with E-state index in [0.717, 1.165) is 40.1 Å². The van der Waals surface area contributed by atoms with Crippen LogP contribution in [0.15, 0.2) is 54.6 Å². The van der Waals surface area contributed by atoms with E-state index in [1.807, 2.05) is 36.4 Å². The maximum Gasteiger partial charge on any atom is 0.131 e. The Morgan fingerprint density at radius 2 is 1.31 bits per heavy atom. The highest BCUT2D eigenvalue weighted by Gasteiger charge is 2.13. The largest absolute Gasteiger partial charge is 0.380 e. The van der Waals surface area contributed by atoms with Crippen LogP contribution in [-0.4, -0.2) is 14.2 Å². The van der Waals surface area contributed by atoms with Gasteiger partial charge in [-0.3, -0.25) is 0 Å². The molecule has 5 heteroatoms. The van der Waals surface area contributed by atoms with Gasteiger partial charge in [-0.25, -0.2) is 4.39 Å². The molecule has 0 amide bonds. The minimum Gasteiger partial charge on any atom is -0.380 e. The summed E-state index contributed by atoms with van der Waals surface area (Å²) in [5.41, 5.74) is 7.92. The summed E-state index contributed by atoms with van der Waals surface area (Å²) < 4.78 is 25.8. The summed E-state index contributed by atoms with van der Waals surface area (Å²) in [6.07, 6.45) is 1.71. The Kier molecular flexibility index (Phi) is 7.92. The fraction of sp³-hybridized carbons (Fsp3) is 0.250. The van der Waals surface area contributed by atoms with Gasteiger partial charge in [-0.2, -0.15) is 0 Å². The van der Waals surface area contributed by atoms with Crippen LogP contribution in [0.2, 0.25) is 0 Å². The number of benzene rings is 3. The summed E-state index contributed by atoms with van der Waals surface area (Å²) in [5, 5.41) is 0. The standard InChI is InChI=1S/C24H27FO2P2/c1-26-12-20-9-19(10-21(13-27-2)23(20)15-29)18-7-8-22(24(25)11-18)17-5-3-16(14-28)4-6-17/h3-11H,12-15,28-29H2,1-2H3. The molecule has 2 atom stereocenters. The maximum absolute atomic E-state index is 15.0. The second-order valence-electron chi connectivity index (χ2n) is 6.94. The van der Waals surface area contributed by atoms with Crippen molar-refractivity contribution in [3.8, 4) is 22.3 Å². The number of hydrogen-bond donors (Lipinski definition) is 0. The lowest BCUT2D eigenvalue weighted by Crippen LogP contribution is -2.02. The van der Waals surface area contributed by atoms with Gasteiger partial charge in [0.05, 0.1) is 13.2 Å². The van der Waals surface area contributed by atoms with Gasteiger partial charge in [-0.15, -0.1) is 18.5 Å². The zero-order chi connectivity index (χ0) is 20.8. The SMILES string of the molecule is COCc1cc(-c2ccc(-c3ccc(CP)cc3)c(F)c2)cc(COC)c1CP. The first-order valence-corrected chi connectivity index (χ1v) is 11.2. The van der Waals surface area contributed by atoms with Gasteiger partial charge >= 0.3 is 0 Å². The topological polar surface area (TPSA) is 18.5 Å². The van der Waals surface area contributed by atoms with Crippen LogP contribution in [0, 0.1) is 5.82 Å². The van der Waals surface area contributed by atoms with Crippen molar-refractivity contribution in [3.63, 3.8) is 0 Å². The monoisotopic (exact) mass is 428 g/mol. The van der Waals surface area contributed by atoms with Gasteiger partial charge < -0.3 is 9.47 Å². The van der Waals surface area contributed by atoms with Crippen LogP contribution in [-0.2, 0) is 35.0 Å². The van der Waals surface area contributed by atoms with E-state index >= 15 is 0 Å². The molecule has 2 unspecified atom stereocenters. The van der Waals surface area contributed by atoms with Crippen LogP contribution in [0.3, 0.4) is 0 Å². The fourth-order valence-electron chi connectivity index (χ4n) is 3.54. The zero-order valence-electron chi connectivity index (χ0n) is 16.9. The lowest BCUT2D eigenvalue weighted by Gasteiger charge is -2.16.